The molecular weight excluding hydrogens is 268 g/mol. The smallest absolute Gasteiger partial charge is 0.341 e. The molecule has 19 heavy (non-hydrogen) atoms. The average Bonchev–Trinajstić information content (AvgIpc) is 3.14. The third-order valence-corrected chi connectivity index (χ3v) is 3.16. The first-order chi connectivity index (χ1) is 9.33. The van der Waals surface area contributed by atoms with Crippen LogP contribution in [0.5, 0.6) is 0 Å². The Kier molecular flexibility index (Phi) is 3.11. The van der Waals surface area contributed by atoms with Crippen molar-refractivity contribution in [1.82, 2.24) is 10.1 Å². The summed E-state index contributed by atoms with van der Waals surface area (Å²) >= 11 is 1.51. The molecular formula is C12H8N2O4S. The number of aromatic nitrogens is 2. The molecule has 7 heteroatoms. The van der Waals surface area contributed by atoms with E-state index in [1.54, 1.807) is 0 Å². The molecule has 6 nitrogen and oxygen atoms in total. The molecule has 0 amide bonds. The fraction of sp³-hybridized carbons (Fsp3) is 0.0833. The minimum Gasteiger partial charge on any atom is -0.472 e. The summed E-state index contributed by atoms with van der Waals surface area (Å²) in [7, 11) is 0. The maximum Gasteiger partial charge on any atom is 0.341 e. The summed E-state index contributed by atoms with van der Waals surface area (Å²) in [6.45, 7) is -0.0671. The van der Waals surface area contributed by atoms with Gasteiger partial charge in [-0.1, -0.05) is 11.2 Å². The molecule has 0 bridgehead atoms. The number of thiophene rings is 1. The monoisotopic (exact) mass is 276 g/mol. The number of esters is 1. The van der Waals surface area contributed by atoms with Crippen molar-refractivity contribution in [3.05, 3.63) is 47.6 Å². The highest BCUT2D eigenvalue weighted by molar-refractivity contribution is 7.13. The molecule has 3 aromatic heterocycles. The zero-order valence-corrected chi connectivity index (χ0v) is 10.4. The zero-order valence-electron chi connectivity index (χ0n) is 9.61. The molecule has 3 aromatic rings. The van der Waals surface area contributed by atoms with Crippen LogP contribution in [0.25, 0.3) is 10.7 Å². The Hall–Kier alpha value is -2.41. The summed E-state index contributed by atoms with van der Waals surface area (Å²) < 4.78 is 14.8. The molecule has 0 aromatic carbocycles. The number of hydrogen-bond donors (Lipinski definition) is 0. The van der Waals surface area contributed by atoms with Gasteiger partial charge in [-0.25, -0.2) is 4.79 Å². The first kappa shape index (κ1) is 11.7. The quantitative estimate of drug-likeness (QED) is 0.682. The Morgan fingerprint density at radius 1 is 1.42 bits per heavy atom. The number of furan rings is 1. The van der Waals surface area contributed by atoms with Crippen molar-refractivity contribution in [2.24, 2.45) is 0 Å². The lowest BCUT2D eigenvalue weighted by Gasteiger charge is -1.97. The second-order valence-electron chi connectivity index (χ2n) is 3.58. The lowest BCUT2D eigenvalue weighted by Crippen LogP contribution is -2.04. The van der Waals surface area contributed by atoms with Crippen molar-refractivity contribution < 1.29 is 18.5 Å². The summed E-state index contributed by atoms with van der Waals surface area (Å²) in [6.07, 6.45) is 2.71. The van der Waals surface area contributed by atoms with E-state index in [0.29, 0.717) is 11.4 Å². The molecule has 0 saturated carbocycles. The van der Waals surface area contributed by atoms with Crippen LogP contribution in [0, 0.1) is 0 Å². The zero-order chi connectivity index (χ0) is 13.1. The van der Waals surface area contributed by atoms with Gasteiger partial charge < -0.3 is 13.7 Å². The van der Waals surface area contributed by atoms with Crippen molar-refractivity contribution in [3.63, 3.8) is 0 Å². The van der Waals surface area contributed by atoms with Gasteiger partial charge in [-0.3, -0.25) is 0 Å². The van der Waals surface area contributed by atoms with E-state index in [9.17, 15) is 4.79 Å². The van der Waals surface area contributed by atoms with E-state index in [1.807, 2.05) is 17.5 Å². The number of rotatable bonds is 4. The predicted octanol–water partition coefficient (Wildman–Crippen LogP) is 2.75. The van der Waals surface area contributed by atoms with Gasteiger partial charge in [-0.05, 0) is 17.5 Å². The summed E-state index contributed by atoms with van der Waals surface area (Å²) in [6, 6.07) is 5.30. The third kappa shape index (κ3) is 2.55. The summed E-state index contributed by atoms with van der Waals surface area (Å²) in [5, 5.41) is 5.73. The van der Waals surface area contributed by atoms with Crippen LogP contribution in [-0.4, -0.2) is 16.1 Å². The van der Waals surface area contributed by atoms with Gasteiger partial charge in [0.15, 0.2) is 6.61 Å². The Bertz CT molecular complexity index is 658. The van der Waals surface area contributed by atoms with Crippen molar-refractivity contribution in [2.75, 3.05) is 0 Å². The third-order valence-electron chi connectivity index (χ3n) is 2.29. The summed E-state index contributed by atoms with van der Waals surface area (Å²) in [5.41, 5.74) is 0.345. The normalized spacial score (nSPS) is 10.5. The van der Waals surface area contributed by atoms with E-state index >= 15 is 0 Å². The molecule has 96 valence electrons. The van der Waals surface area contributed by atoms with Crippen molar-refractivity contribution in [2.45, 2.75) is 6.61 Å². The maximum absolute atomic E-state index is 11.5. The van der Waals surface area contributed by atoms with E-state index in [2.05, 4.69) is 10.1 Å². The van der Waals surface area contributed by atoms with Gasteiger partial charge in [-0.15, -0.1) is 11.3 Å². The number of carbonyl (C=O) groups is 1. The van der Waals surface area contributed by atoms with Gasteiger partial charge in [0.1, 0.15) is 6.26 Å². The second-order valence-corrected chi connectivity index (χ2v) is 4.52. The van der Waals surface area contributed by atoms with E-state index in [0.717, 1.165) is 4.88 Å². The van der Waals surface area contributed by atoms with Gasteiger partial charge >= 0.3 is 5.97 Å². The van der Waals surface area contributed by atoms with Crippen molar-refractivity contribution in [1.29, 1.82) is 0 Å². The van der Waals surface area contributed by atoms with E-state index in [4.69, 9.17) is 13.7 Å². The van der Waals surface area contributed by atoms with Crippen LogP contribution in [0.3, 0.4) is 0 Å². The number of carbonyl (C=O) groups excluding carboxylic acids is 1. The maximum atomic E-state index is 11.5. The molecule has 0 aliphatic heterocycles. The second kappa shape index (κ2) is 5.07. The van der Waals surface area contributed by atoms with Crippen molar-refractivity contribution >= 4 is 17.3 Å². The topological polar surface area (TPSA) is 78.4 Å². The molecule has 0 aliphatic carbocycles. The van der Waals surface area contributed by atoms with Gasteiger partial charge in [-0.2, -0.15) is 4.98 Å². The van der Waals surface area contributed by atoms with Crippen LogP contribution in [0.1, 0.15) is 16.2 Å². The van der Waals surface area contributed by atoms with Gasteiger partial charge in [0.25, 0.3) is 5.89 Å². The van der Waals surface area contributed by atoms with Crippen LogP contribution in [0.2, 0.25) is 0 Å². The highest BCUT2D eigenvalue weighted by Crippen LogP contribution is 2.21. The first-order valence-corrected chi connectivity index (χ1v) is 6.26. The van der Waals surface area contributed by atoms with E-state index in [-0.39, 0.29) is 12.5 Å². The van der Waals surface area contributed by atoms with E-state index in [1.165, 1.54) is 29.9 Å². The minimum absolute atomic E-state index is 0.0671. The number of hydrogen-bond acceptors (Lipinski definition) is 7. The molecule has 0 N–H and O–H groups in total. The van der Waals surface area contributed by atoms with Crippen LogP contribution in [0.4, 0.5) is 0 Å². The molecule has 0 unspecified atom stereocenters. The Morgan fingerprint density at radius 2 is 2.37 bits per heavy atom. The SMILES string of the molecule is O=C(OCc1nc(-c2cccs2)no1)c1ccoc1. The molecule has 0 aliphatic rings. The van der Waals surface area contributed by atoms with Crippen LogP contribution in [0.15, 0.2) is 45.0 Å². The van der Waals surface area contributed by atoms with Gasteiger partial charge in [0.2, 0.25) is 5.82 Å². The van der Waals surface area contributed by atoms with Crippen LogP contribution < -0.4 is 0 Å². The number of ether oxygens (including phenoxy) is 1. The molecule has 3 heterocycles. The fourth-order valence-corrected chi connectivity index (χ4v) is 2.06. The van der Waals surface area contributed by atoms with Gasteiger partial charge in [0, 0.05) is 0 Å². The molecule has 3 rings (SSSR count). The van der Waals surface area contributed by atoms with Crippen molar-refractivity contribution in [3.8, 4) is 10.7 Å². The fourth-order valence-electron chi connectivity index (χ4n) is 1.41. The Labute approximate surface area is 111 Å². The van der Waals surface area contributed by atoms with Gasteiger partial charge in [0.05, 0.1) is 16.7 Å². The summed E-state index contributed by atoms with van der Waals surface area (Å²) in [4.78, 5) is 16.6. The summed E-state index contributed by atoms with van der Waals surface area (Å²) in [5.74, 6) is 0.245. The first-order valence-electron chi connectivity index (χ1n) is 5.39. The highest BCUT2D eigenvalue weighted by Gasteiger charge is 2.13. The predicted molar refractivity (Wildman–Crippen MR) is 65.4 cm³/mol. The van der Waals surface area contributed by atoms with Crippen LogP contribution in [-0.2, 0) is 11.3 Å². The minimum atomic E-state index is -0.496. The van der Waals surface area contributed by atoms with E-state index < -0.39 is 5.97 Å². The Balaban J connectivity index is 1.63. The molecule has 0 atom stereocenters. The lowest BCUT2D eigenvalue weighted by atomic mass is 10.3. The lowest BCUT2D eigenvalue weighted by molar-refractivity contribution is 0.0429. The largest absolute Gasteiger partial charge is 0.472 e. The molecule has 0 spiro atoms. The molecule has 0 saturated heterocycles. The average molecular weight is 276 g/mol. The Morgan fingerprint density at radius 3 is 3.11 bits per heavy atom. The molecule has 0 radical (unpaired) electrons. The standard InChI is InChI=1S/C12H8N2O4S/c15-12(8-3-4-16-6-8)17-7-10-13-11(14-18-10)9-2-1-5-19-9/h1-6H,7H2. The van der Waals surface area contributed by atoms with Crippen LogP contribution >= 0.6 is 11.3 Å². The number of nitrogens with zero attached hydrogens (tertiary/aromatic N) is 2. The molecule has 0 fully saturated rings. The highest BCUT2D eigenvalue weighted by atomic mass is 32.1.